The largest absolute Gasteiger partial charge is 0.479 e. The number of carbonyl (C=O) groups is 1. The molecule has 6 nitrogen and oxygen atoms in total. The van der Waals surface area contributed by atoms with Gasteiger partial charge < -0.3 is 9.47 Å². The average molecular weight is 233 g/mol. The van der Waals surface area contributed by atoms with E-state index in [-0.39, 0.29) is 0 Å². The average Bonchev–Trinajstić information content (AvgIpc) is 2.90. The number of carbonyl (C=O) groups excluding carboxylic acids is 1. The molecule has 2 rings (SSSR count). The zero-order valence-corrected chi connectivity index (χ0v) is 9.45. The van der Waals surface area contributed by atoms with Crippen molar-refractivity contribution in [1.29, 1.82) is 0 Å². The van der Waals surface area contributed by atoms with Crippen molar-refractivity contribution in [2.75, 3.05) is 14.2 Å². The van der Waals surface area contributed by atoms with Crippen molar-refractivity contribution in [3.63, 3.8) is 0 Å². The Morgan fingerprint density at radius 3 is 2.76 bits per heavy atom. The van der Waals surface area contributed by atoms with Crippen LogP contribution in [0.15, 0.2) is 30.7 Å². The van der Waals surface area contributed by atoms with Gasteiger partial charge in [-0.15, -0.1) is 0 Å². The summed E-state index contributed by atoms with van der Waals surface area (Å²) in [7, 11) is 2.80. The molecule has 0 fully saturated rings. The van der Waals surface area contributed by atoms with E-state index in [1.807, 2.05) is 0 Å². The number of aromatic nitrogens is 3. The molecule has 17 heavy (non-hydrogen) atoms. The van der Waals surface area contributed by atoms with Crippen LogP contribution in [0.2, 0.25) is 0 Å². The smallest absolute Gasteiger partial charge is 0.340 e. The summed E-state index contributed by atoms with van der Waals surface area (Å²) in [4.78, 5) is 15.7. The van der Waals surface area contributed by atoms with Gasteiger partial charge in [-0.3, -0.25) is 0 Å². The summed E-state index contributed by atoms with van der Waals surface area (Å²) in [5, 5.41) is 4.06. The lowest BCUT2D eigenvalue weighted by atomic mass is 10.2. The molecule has 0 atom stereocenters. The summed E-state index contributed by atoms with van der Waals surface area (Å²) >= 11 is 0. The lowest BCUT2D eigenvalue weighted by molar-refractivity contribution is 0.0600. The number of rotatable bonds is 3. The molecule has 0 aliphatic rings. The molecule has 0 saturated heterocycles. The molecule has 0 unspecified atom stereocenters. The molecule has 0 aromatic carbocycles. The third-order valence-electron chi connectivity index (χ3n) is 2.22. The van der Waals surface area contributed by atoms with Crippen LogP contribution in [-0.2, 0) is 4.74 Å². The minimum absolute atomic E-state index is 0.316. The molecule has 0 aliphatic carbocycles. The maximum Gasteiger partial charge on any atom is 0.340 e. The Bertz CT molecular complexity index is 523. The van der Waals surface area contributed by atoms with E-state index in [9.17, 15) is 4.79 Å². The SMILES string of the molecule is COC(=O)c1ccnc(OC)c1-n1cccn1. The van der Waals surface area contributed by atoms with Crippen LogP contribution in [0.5, 0.6) is 5.88 Å². The maximum absolute atomic E-state index is 11.7. The minimum atomic E-state index is -0.462. The highest BCUT2D eigenvalue weighted by molar-refractivity contribution is 5.94. The van der Waals surface area contributed by atoms with Gasteiger partial charge in [0.25, 0.3) is 0 Å². The molecule has 0 bridgehead atoms. The first kappa shape index (κ1) is 11.1. The van der Waals surface area contributed by atoms with Crippen LogP contribution in [0.25, 0.3) is 5.69 Å². The normalized spacial score (nSPS) is 10.0. The highest BCUT2D eigenvalue weighted by Crippen LogP contribution is 2.23. The lowest BCUT2D eigenvalue weighted by Crippen LogP contribution is -2.10. The Hall–Kier alpha value is -2.37. The summed E-state index contributed by atoms with van der Waals surface area (Å²) in [6.45, 7) is 0. The van der Waals surface area contributed by atoms with Crippen molar-refractivity contribution >= 4 is 5.97 Å². The topological polar surface area (TPSA) is 66.2 Å². The van der Waals surface area contributed by atoms with Crippen molar-refractivity contribution in [2.24, 2.45) is 0 Å². The van der Waals surface area contributed by atoms with Crippen molar-refractivity contribution in [3.8, 4) is 11.6 Å². The fourth-order valence-electron chi connectivity index (χ4n) is 1.48. The monoisotopic (exact) mass is 233 g/mol. The fraction of sp³-hybridized carbons (Fsp3) is 0.182. The Kier molecular flexibility index (Phi) is 3.04. The van der Waals surface area contributed by atoms with Gasteiger partial charge in [-0.05, 0) is 12.1 Å². The molecule has 0 radical (unpaired) electrons. The van der Waals surface area contributed by atoms with Gasteiger partial charge in [-0.25, -0.2) is 14.5 Å². The molecule has 88 valence electrons. The number of hydrogen-bond donors (Lipinski definition) is 0. The van der Waals surface area contributed by atoms with Gasteiger partial charge >= 0.3 is 5.97 Å². The molecule has 2 aromatic heterocycles. The van der Waals surface area contributed by atoms with E-state index in [2.05, 4.69) is 10.1 Å². The van der Waals surface area contributed by atoms with Crippen LogP contribution < -0.4 is 4.74 Å². The van der Waals surface area contributed by atoms with Crippen molar-refractivity contribution in [3.05, 3.63) is 36.3 Å². The van der Waals surface area contributed by atoms with Crippen molar-refractivity contribution in [1.82, 2.24) is 14.8 Å². The Morgan fingerprint density at radius 1 is 1.35 bits per heavy atom. The molecule has 6 heteroatoms. The fourth-order valence-corrected chi connectivity index (χ4v) is 1.48. The first-order valence-corrected chi connectivity index (χ1v) is 4.89. The van der Waals surface area contributed by atoms with Crippen LogP contribution in [-0.4, -0.2) is 35.0 Å². The Morgan fingerprint density at radius 2 is 2.18 bits per heavy atom. The van der Waals surface area contributed by atoms with E-state index in [1.165, 1.54) is 25.1 Å². The number of hydrogen-bond acceptors (Lipinski definition) is 5. The standard InChI is InChI=1S/C11H11N3O3/c1-16-10-9(14-7-3-5-13-14)8(4-6-12-10)11(15)17-2/h3-7H,1-2H3. The quantitative estimate of drug-likeness (QED) is 0.741. The van der Waals surface area contributed by atoms with Crippen LogP contribution in [0, 0.1) is 0 Å². The van der Waals surface area contributed by atoms with E-state index in [0.29, 0.717) is 17.1 Å². The third-order valence-corrected chi connectivity index (χ3v) is 2.22. The van der Waals surface area contributed by atoms with Crippen LogP contribution in [0.3, 0.4) is 0 Å². The molecule has 0 amide bonds. The predicted molar refractivity (Wildman–Crippen MR) is 59.3 cm³/mol. The van der Waals surface area contributed by atoms with Gasteiger partial charge in [-0.2, -0.15) is 5.10 Å². The van der Waals surface area contributed by atoms with Gasteiger partial charge in [-0.1, -0.05) is 0 Å². The van der Waals surface area contributed by atoms with Gasteiger partial charge in [0, 0.05) is 18.6 Å². The van der Waals surface area contributed by atoms with Gasteiger partial charge in [0.2, 0.25) is 5.88 Å². The number of ether oxygens (including phenoxy) is 2. The van der Waals surface area contributed by atoms with E-state index >= 15 is 0 Å². The first-order valence-electron chi connectivity index (χ1n) is 4.89. The first-order chi connectivity index (χ1) is 8.27. The van der Waals surface area contributed by atoms with Gasteiger partial charge in [0.1, 0.15) is 5.69 Å². The predicted octanol–water partition coefficient (Wildman–Crippen LogP) is 1.06. The molecule has 2 heterocycles. The number of methoxy groups -OCH3 is 2. The zero-order chi connectivity index (χ0) is 12.3. The molecule has 0 N–H and O–H groups in total. The van der Waals surface area contributed by atoms with E-state index in [4.69, 9.17) is 9.47 Å². The Balaban J connectivity index is 2.64. The second-order valence-electron chi connectivity index (χ2n) is 3.16. The van der Waals surface area contributed by atoms with Crippen LogP contribution in [0.4, 0.5) is 0 Å². The van der Waals surface area contributed by atoms with Crippen LogP contribution >= 0.6 is 0 Å². The molecule has 0 saturated carbocycles. The number of nitrogens with zero attached hydrogens (tertiary/aromatic N) is 3. The maximum atomic E-state index is 11.7. The van der Waals surface area contributed by atoms with E-state index in [0.717, 1.165) is 0 Å². The second-order valence-corrected chi connectivity index (χ2v) is 3.16. The lowest BCUT2D eigenvalue weighted by Gasteiger charge is -2.11. The van der Waals surface area contributed by atoms with E-state index in [1.54, 1.807) is 24.5 Å². The molecular weight excluding hydrogens is 222 g/mol. The minimum Gasteiger partial charge on any atom is -0.479 e. The summed E-state index contributed by atoms with van der Waals surface area (Å²) in [5.74, 6) is -0.146. The number of pyridine rings is 1. The summed E-state index contributed by atoms with van der Waals surface area (Å²) in [6.07, 6.45) is 4.79. The van der Waals surface area contributed by atoms with Gasteiger partial charge in [0.15, 0.2) is 0 Å². The highest BCUT2D eigenvalue weighted by atomic mass is 16.5. The Labute approximate surface area is 97.8 Å². The second kappa shape index (κ2) is 4.65. The molecule has 0 aliphatic heterocycles. The number of esters is 1. The van der Waals surface area contributed by atoms with Crippen LogP contribution in [0.1, 0.15) is 10.4 Å². The van der Waals surface area contributed by atoms with E-state index < -0.39 is 5.97 Å². The van der Waals surface area contributed by atoms with Gasteiger partial charge in [0.05, 0.1) is 19.8 Å². The third kappa shape index (κ3) is 1.96. The highest BCUT2D eigenvalue weighted by Gasteiger charge is 2.18. The molecule has 0 spiro atoms. The molecule has 2 aromatic rings. The molecular formula is C11H11N3O3. The van der Waals surface area contributed by atoms with Crippen molar-refractivity contribution in [2.45, 2.75) is 0 Å². The zero-order valence-electron chi connectivity index (χ0n) is 9.45. The summed E-state index contributed by atoms with van der Waals surface area (Å²) in [6, 6.07) is 3.30. The summed E-state index contributed by atoms with van der Waals surface area (Å²) < 4.78 is 11.3. The summed E-state index contributed by atoms with van der Waals surface area (Å²) in [5.41, 5.74) is 0.815. The van der Waals surface area contributed by atoms with Crippen molar-refractivity contribution < 1.29 is 14.3 Å².